The van der Waals surface area contributed by atoms with Crippen molar-refractivity contribution in [1.82, 2.24) is 14.5 Å². The van der Waals surface area contributed by atoms with Gasteiger partial charge in [-0.05, 0) is 29.8 Å². The van der Waals surface area contributed by atoms with Crippen molar-refractivity contribution >= 4 is 28.4 Å². The zero-order valence-corrected chi connectivity index (χ0v) is 15.6. The summed E-state index contributed by atoms with van der Waals surface area (Å²) in [5, 5.41) is 19.1. The second-order valence-electron chi connectivity index (χ2n) is 6.70. The maximum absolute atomic E-state index is 11.6. The maximum atomic E-state index is 11.6. The molecule has 0 atom stereocenters. The van der Waals surface area contributed by atoms with Crippen LogP contribution < -0.4 is 0 Å². The fourth-order valence-corrected chi connectivity index (χ4v) is 3.46. The molecule has 1 aliphatic heterocycles. The maximum Gasteiger partial charge on any atom is 0.337 e. The molecule has 1 aromatic heterocycles. The summed E-state index contributed by atoms with van der Waals surface area (Å²) in [6.07, 6.45) is 0. The molecule has 0 radical (unpaired) electrons. The molecular formula is C21H20N4O3. The number of rotatable bonds is 4. The highest BCUT2D eigenvalue weighted by atomic mass is 16.5. The number of aliphatic hydroxyl groups is 1. The van der Waals surface area contributed by atoms with Crippen LogP contribution in [-0.2, 0) is 18.3 Å². The lowest BCUT2D eigenvalue weighted by Crippen LogP contribution is -2.26. The molecule has 0 saturated carbocycles. The van der Waals surface area contributed by atoms with Crippen LogP contribution in [0.15, 0.2) is 54.3 Å². The lowest BCUT2D eigenvalue weighted by atomic mass is 10.1. The van der Waals surface area contributed by atoms with E-state index in [1.807, 2.05) is 48.0 Å². The Labute approximate surface area is 162 Å². The minimum absolute atomic E-state index is 0.134. The average Bonchev–Trinajstić information content (AvgIpc) is 3.17. The molecule has 0 fully saturated rings. The van der Waals surface area contributed by atoms with E-state index in [1.54, 1.807) is 17.0 Å². The van der Waals surface area contributed by atoms with Crippen LogP contribution in [0.3, 0.4) is 0 Å². The van der Waals surface area contributed by atoms with E-state index in [-0.39, 0.29) is 24.1 Å². The monoisotopic (exact) mass is 376 g/mol. The first-order chi connectivity index (χ1) is 13.5. The van der Waals surface area contributed by atoms with E-state index in [9.17, 15) is 9.90 Å². The zero-order chi connectivity index (χ0) is 19.8. The molecule has 7 nitrogen and oxygen atoms in total. The highest BCUT2D eigenvalue weighted by Crippen LogP contribution is 2.29. The zero-order valence-electron chi connectivity index (χ0n) is 15.6. The number of ether oxygens (including phenoxy) is 1. The first kappa shape index (κ1) is 17.8. The first-order valence-electron chi connectivity index (χ1n) is 8.84. The van der Waals surface area contributed by atoms with Gasteiger partial charge in [0.05, 0.1) is 35.8 Å². The topological polar surface area (TPSA) is 91.4 Å². The van der Waals surface area contributed by atoms with Crippen molar-refractivity contribution in [2.45, 2.75) is 6.54 Å². The Morgan fingerprint density at radius 2 is 1.93 bits per heavy atom. The van der Waals surface area contributed by atoms with E-state index in [1.165, 1.54) is 7.11 Å². The number of aromatic nitrogens is 2. The number of aliphatic hydroxyl groups excluding tert-OH is 1. The number of hydrogen-bond donors (Lipinski definition) is 2. The van der Waals surface area contributed by atoms with Crippen molar-refractivity contribution < 1.29 is 14.6 Å². The molecule has 0 unspecified atom stereocenters. The van der Waals surface area contributed by atoms with Crippen molar-refractivity contribution in [2.75, 3.05) is 13.7 Å². The van der Waals surface area contributed by atoms with E-state index >= 15 is 0 Å². The molecule has 28 heavy (non-hydrogen) atoms. The first-order valence-corrected chi connectivity index (χ1v) is 8.84. The summed E-state index contributed by atoms with van der Waals surface area (Å²) in [5.41, 5.74) is 3.62. The van der Waals surface area contributed by atoms with Gasteiger partial charge in [0.25, 0.3) is 0 Å². The van der Waals surface area contributed by atoms with Gasteiger partial charge < -0.3 is 19.3 Å². The number of methoxy groups -OCH3 is 1. The van der Waals surface area contributed by atoms with Gasteiger partial charge in [-0.25, -0.2) is 9.78 Å². The summed E-state index contributed by atoms with van der Waals surface area (Å²) >= 11 is 0. The number of benzene rings is 2. The van der Waals surface area contributed by atoms with Gasteiger partial charge in [0.15, 0.2) is 0 Å². The molecule has 4 rings (SSSR count). The molecule has 1 aliphatic rings. The molecule has 142 valence electrons. The molecule has 7 heteroatoms. The van der Waals surface area contributed by atoms with Gasteiger partial charge in [-0.2, -0.15) is 0 Å². The number of imidazole rings is 1. The Kier molecular flexibility index (Phi) is 4.35. The lowest BCUT2D eigenvalue weighted by Gasteiger charge is -2.19. The highest BCUT2D eigenvalue weighted by Gasteiger charge is 2.31. The Hall–Kier alpha value is -3.61. The summed E-state index contributed by atoms with van der Waals surface area (Å²) < 4.78 is 6.60. The molecule has 3 aromatic rings. The van der Waals surface area contributed by atoms with Gasteiger partial charge in [0, 0.05) is 13.6 Å². The van der Waals surface area contributed by atoms with Crippen molar-refractivity contribution in [3.63, 3.8) is 0 Å². The molecule has 2 aromatic carbocycles. The summed E-state index contributed by atoms with van der Waals surface area (Å²) in [7, 11) is 3.23. The van der Waals surface area contributed by atoms with Gasteiger partial charge in [0.1, 0.15) is 17.4 Å². The third-order valence-electron chi connectivity index (χ3n) is 4.94. The molecule has 2 heterocycles. The van der Waals surface area contributed by atoms with Crippen LogP contribution in [-0.4, -0.2) is 45.0 Å². The molecule has 0 aliphatic carbocycles. The van der Waals surface area contributed by atoms with Crippen molar-refractivity contribution in [3.8, 4) is 0 Å². The minimum atomic E-state index is -0.385. The van der Waals surface area contributed by atoms with Gasteiger partial charge in [-0.3, -0.25) is 5.41 Å². The highest BCUT2D eigenvalue weighted by molar-refractivity contribution is 6.23. The Morgan fingerprint density at radius 3 is 2.61 bits per heavy atom. The number of carbonyl (C=O) groups is 1. The number of aryl methyl sites for hydroxylation is 1. The fourth-order valence-electron chi connectivity index (χ4n) is 3.46. The van der Waals surface area contributed by atoms with Crippen molar-refractivity contribution in [3.05, 3.63) is 71.2 Å². The standard InChI is InChI=1S/C21H20N4O3/c1-24-16-6-4-3-5-15(16)23-20(24)18-17(26)12-25(19(18)22)11-13-7-9-14(10-8-13)21(27)28-2/h3-10,22,26H,11-12H2,1-2H3. The van der Waals surface area contributed by atoms with Crippen LogP contribution in [0.25, 0.3) is 16.6 Å². The summed E-state index contributed by atoms with van der Waals surface area (Å²) in [6.45, 7) is 0.688. The Balaban J connectivity index is 1.58. The Bertz CT molecular complexity index is 1110. The van der Waals surface area contributed by atoms with E-state index in [0.29, 0.717) is 23.5 Å². The van der Waals surface area contributed by atoms with Gasteiger partial charge >= 0.3 is 5.97 Å². The second-order valence-corrected chi connectivity index (χ2v) is 6.70. The average molecular weight is 376 g/mol. The number of fused-ring (bicyclic) bond motifs is 1. The number of nitrogens with zero attached hydrogens (tertiary/aromatic N) is 3. The predicted molar refractivity (Wildman–Crippen MR) is 106 cm³/mol. The number of amidine groups is 1. The van der Waals surface area contributed by atoms with Gasteiger partial charge in [-0.1, -0.05) is 24.3 Å². The number of carbonyl (C=O) groups excluding carboxylic acids is 1. The minimum Gasteiger partial charge on any atom is -0.510 e. The van der Waals surface area contributed by atoms with Crippen molar-refractivity contribution in [1.29, 1.82) is 5.41 Å². The number of hydrogen-bond acceptors (Lipinski definition) is 5. The summed E-state index contributed by atoms with van der Waals surface area (Å²) in [5.74, 6) is 0.554. The SMILES string of the molecule is COC(=O)c1ccc(CN2CC(O)=C(c3nc4ccccc4n3C)C2=N)cc1. The van der Waals surface area contributed by atoms with Crippen LogP contribution in [0.5, 0.6) is 0 Å². The molecule has 2 N–H and O–H groups in total. The largest absolute Gasteiger partial charge is 0.510 e. The predicted octanol–water partition coefficient (Wildman–Crippen LogP) is 3.12. The smallest absolute Gasteiger partial charge is 0.337 e. The van der Waals surface area contributed by atoms with Crippen LogP contribution in [0.4, 0.5) is 0 Å². The molecule has 0 bridgehead atoms. The quantitative estimate of drug-likeness (QED) is 0.683. The lowest BCUT2D eigenvalue weighted by molar-refractivity contribution is 0.0600. The molecule has 0 spiro atoms. The van der Waals surface area contributed by atoms with Gasteiger partial charge in [0.2, 0.25) is 0 Å². The van der Waals surface area contributed by atoms with E-state index in [2.05, 4.69) is 4.98 Å². The number of nitrogens with one attached hydrogen (secondary N) is 1. The van der Waals surface area contributed by atoms with Crippen LogP contribution in [0.1, 0.15) is 21.7 Å². The molecule has 0 amide bonds. The number of para-hydroxylation sites is 2. The number of esters is 1. The third kappa shape index (κ3) is 2.90. The normalized spacial score (nSPS) is 14.2. The van der Waals surface area contributed by atoms with Crippen molar-refractivity contribution in [2.24, 2.45) is 7.05 Å². The van der Waals surface area contributed by atoms with Crippen LogP contribution in [0, 0.1) is 5.41 Å². The molecular weight excluding hydrogens is 356 g/mol. The van der Waals surface area contributed by atoms with E-state index < -0.39 is 0 Å². The Morgan fingerprint density at radius 1 is 1.21 bits per heavy atom. The fraction of sp³-hybridized carbons (Fsp3) is 0.190. The van der Waals surface area contributed by atoms with Crippen LogP contribution >= 0.6 is 0 Å². The summed E-state index contributed by atoms with van der Waals surface area (Å²) in [6, 6.07) is 14.8. The summed E-state index contributed by atoms with van der Waals surface area (Å²) in [4.78, 5) is 17.9. The third-order valence-corrected chi connectivity index (χ3v) is 4.94. The van der Waals surface area contributed by atoms with Gasteiger partial charge in [-0.15, -0.1) is 0 Å². The van der Waals surface area contributed by atoms with E-state index in [4.69, 9.17) is 10.1 Å². The molecule has 0 saturated heterocycles. The van der Waals surface area contributed by atoms with E-state index in [0.717, 1.165) is 16.6 Å². The second kappa shape index (κ2) is 6.84. The van der Waals surface area contributed by atoms with Crippen LogP contribution in [0.2, 0.25) is 0 Å².